The molecular formula is C8H15F3N2O3. The van der Waals surface area contributed by atoms with Crippen molar-refractivity contribution in [3.63, 3.8) is 0 Å². The molecule has 0 aromatic rings. The number of carbonyl (C=O) groups excluding carboxylic acids is 1. The smallest absolute Gasteiger partial charge is 0.354 e. The molecule has 0 aromatic carbocycles. The quantitative estimate of drug-likeness (QED) is 0.668. The van der Waals surface area contributed by atoms with Gasteiger partial charge in [0.2, 0.25) is 5.91 Å². The van der Waals surface area contributed by atoms with Crippen molar-refractivity contribution in [2.24, 2.45) is 5.73 Å². The number of nitrogens with two attached hydrogens (primary N) is 1. The van der Waals surface area contributed by atoms with Gasteiger partial charge in [0, 0.05) is 14.2 Å². The van der Waals surface area contributed by atoms with Gasteiger partial charge in [-0.25, -0.2) is 0 Å². The zero-order valence-electron chi connectivity index (χ0n) is 9.22. The zero-order chi connectivity index (χ0) is 13.0. The van der Waals surface area contributed by atoms with Crippen LogP contribution in [0, 0.1) is 0 Å². The first kappa shape index (κ1) is 15.1. The molecule has 0 saturated carbocycles. The highest BCUT2D eigenvalue weighted by atomic mass is 19.4. The first-order chi connectivity index (χ1) is 7.16. The van der Waals surface area contributed by atoms with Crippen molar-refractivity contribution in [3.05, 3.63) is 0 Å². The summed E-state index contributed by atoms with van der Waals surface area (Å²) in [6, 6.07) is 0. The molecule has 16 heavy (non-hydrogen) atoms. The largest absolute Gasteiger partial charge is 0.415 e. The molecule has 0 bridgehead atoms. The zero-order valence-corrected chi connectivity index (χ0v) is 9.22. The maximum atomic E-state index is 12.3. The molecule has 3 N–H and O–H groups in total. The number of hydrogen-bond acceptors (Lipinski definition) is 4. The second kappa shape index (κ2) is 5.46. The Morgan fingerprint density at radius 1 is 1.38 bits per heavy atom. The number of carbonyl (C=O) groups is 1. The third-order valence-corrected chi connectivity index (χ3v) is 2.02. The van der Waals surface area contributed by atoms with Gasteiger partial charge in [-0.3, -0.25) is 4.79 Å². The molecule has 1 atom stereocenters. The SMILES string of the molecule is COC(CNC(=O)C(C)(N)C(F)(F)F)OC. The maximum absolute atomic E-state index is 12.3. The van der Waals surface area contributed by atoms with Gasteiger partial charge in [-0.2, -0.15) is 13.2 Å². The average Bonchev–Trinajstić information content (AvgIpc) is 2.17. The van der Waals surface area contributed by atoms with Gasteiger partial charge >= 0.3 is 6.18 Å². The van der Waals surface area contributed by atoms with E-state index in [4.69, 9.17) is 5.73 Å². The van der Waals surface area contributed by atoms with Gasteiger partial charge in [-0.15, -0.1) is 0 Å². The standard InChI is InChI=1S/C8H15F3N2O3/c1-7(12,8(9,10)11)6(14)13-4-5(15-2)16-3/h5H,4,12H2,1-3H3,(H,13,14). The van der Waals surface area contributed by atoms with Crippen LogP contribution in [-0.4, -0.2) is 44.7 Å². The summed E-state index contributed by atoms with van der Waals surface area (Å²) in [5.41, 5.74) is 1.96. The van der Waals surface area contributed by atoms with Crippen molar-refractivity contribution in [1.82, 2.24) is 5.32 Å². The van der Waals surface area contributed by atoms with E-state index in [1.807, 2.05) is 5.32 Å². The predicted octanol–water partition coefficient (Wildman–Crippen LogP) is 0.00120. The monoisotopic (exact) mass is 244 g/mol. The Balaban J connectivity index is 4.37. The molecule has 1 amide bonds. The van der Waals surface area contributed by atoms with E-state index in [9.17, 15) is 18.0 Å². The first-order valence-corrected chi connectivity index (χ1v) is 4.36. The minimum absolute atomic E-state index is 0.214. The van der Waals surface area contributed by atoms with E-state index < -0.39 is 23.9 Å². The molecule has 1 unspecified atom stereocenters. The highest BCUT2D eigenvalue weighted by molar-refractivity contribution is 5.86. The molecule has 0 aliphatic heterocycles. The molecule has 0 fully saturated rings. The van der Waals surface area contributed by atoms with Crippen LogP contribution in [0.1, 0.15) is 6.92 Å². The van der Waals surface area contributed by atoms with Gasteiger partial charge in [0.05, 0.1) is 6.54 Å². The van der Waals surface area contributed by atoms with Crippen molar-refractivity contribution in [1.29, 1.82) is 0 Å². The van der Waals surface area contributed by atoms with Crippen LogP contribution in [0.25, 0.3) is 0 Å². The van der Waals surface area contributed by atoms with Crippen molar-refractivity contribution in [2.45, 2.75) is 24.9 Å². The summed E-state index contributed by atoms with van der Waals surface area (Å²) in [5, 5.41) is 2.00. The lowest BCUT2D eigenvalue weighted by molar-refractivity contribution is -0.188. The van der Waals surface area contributed by atoms with Crippen LogP contribution in [0.2, 0.25) is 0 Å². The lowest BCUT2D eigenvalue weighted by Crippen LogP contribution is -2.62. The Labute approximate surface area is 91.1 Å². The fraction of sp³-hybridized carbons (Fsp3) is 0.875. The molecule has 0 spiro atoms. The summed E-state index contributed by atoms with van der Waals surface area (Å²) in [4.78, 5) is 11.2. The number of amides is 1. The van der Waals surface area contributed by atoms with Gasteiger partial charge in [0.1, 0.15) is 0 Å². The van der Waals surface area contributed by atoms with Crippen LogP contribution in [0.4, 0.5) is 13.2 Å². The van der Waals surface area contributed by atoms with E-state index in [0.29, 0.717) is 6.92 Å². The summed E-state index contributed by atoms with van der Waals surface area (Å²) in [6.45, 7) is 0.381. The summed E-state index contributed by atoms with van der Waals surface area (Å²) in [5.74, 6) is -1.33. The summed E-state index contributed by atoms with van der Waals surface area (Å²) in [6.07, 6.45) is -5.62. The summed E-state index contributed by atoms with van der Waals surface area (Å²) < 4.78 is 46.3. The average molecular weight is 244 g/mol. The fourth-order valence-electron chi connectivity index (χ4n) is 0.751. The number of nitrogens with one attached hydrogen (secondary N) is 1. The molecule has 8 heteroatoms. The molecule has 0 radical (unpaired) electrons. The number of methoxy groups -OCH3 is 2. The molecular weight excluding hydrogens is 229 g/mol. The van der Waals surface area contributed by atoms with Crippen LogP contribution in [-0.2, 0) is 14.3 Å². The van der Waals surface area contributed by atoms with Crippen LogP contribution in [0.5, 0.6) is 0 Å². The van der Waals surface area contributed by atoms with E-state index in [0.717, 1.165) is 0 Å². The Morgan fingerprint density at radius 3 is 2.12 bits per heavy atom. The molecule has 0 rings (SSSR count). The third-order valence-electron chi connectivity index (χ3n) is 2.02. The van der Waals surface area contributed by atoms with Crippen LogP contribution < -0.4 is 11.1 Å². The second-order valence-electron chi connectivity index (χ2n) is 3.31. The number of ether oxygens (including phenoxy) is 2. The van der Waals surface area contributed by atoms with E-state index in [1.165, 1.54) is 14.2 Å². The van der Waals surface area contributed by atoms with E-state index >= 15 is 0 Å². The Kier molecular flexibility index (Phi) is 5.17. The summed E-state index contributed by atoms with van der Waals surface area (Å²) in [7, 11) is 2.59. The van der Waals surface area contributed by atoms with Gasteiger partial charge < -0.3 is 20.5 Å². The van der Waals surface area contributed by atoms with Gasteiger partial charge in [-0.1, -0.05) is 0 Å². The minimum atomic E-state index is -4.81. The Morgan fingerprint density at radius 2 is 1.81 bits per heavy atom. The molecule has 0 aliphatic carbocycles. The van der Waals surface area contributed by atoms with Crippen molar-refractivity contribution >= 4 is 5.91 Å². The molecule has 96 valence electrons. The van der Waals surface area contributed by atoms with Crippen molar-refractivity contribution in [2.75, 3.05) is 20.8 Å². The van der Waals surface area contributed by atoms with E-state index in [1.54, 1.807) is 0 Å². The highest BCUT2D eigenvalue weighted by Crippen LogP contribution is 2.27. The first-order valence-electron chi connectivity index (χ1n) is 4.36. The molecule has 0 heterocycles. The van der Waals surface area contributed by atoms with Crippen LogP contribution >= 0.6 is 0 Å². The fourth-order valence-corrected chi connectivity index (χ4v) is 0.751. The maximum Gasteiger partial charge on any atom is 0.415 e. The van der Waals surface area contributed by atoms with Gasteiger partial charge in [0.15, 0.2) is 11.8 Å². The number of hydrogen-bond donors (Lipinski definition) is 2. The lowest BCUT2D eigenvalue weighted by Gasteiger charge is -2.26. The van der Waals surface area contributed by atoms with Crippen LogP contribution in [0.15, 0.2) is 0 Å². The van der Waals surface area contributed by atoms with Gasteiger partial charge in [-0.05, 0) is 6.92 Å². The van der Waals surface area contributed by atoms with E-state index in [2.05, 4.69) is 9.47 Å². The lowest BCUT2D eigenvalue weighted by atomic mass is 10.0. The van der Waals surface area contributed by atoms with Gasteiger partial charge in [0.25, 0.3) is 0 Å². The molecule has 0 saturated heterocycles. The number of alkyl halides is 3. The van der Waals surface area contributed by atoms with Crippen molar-refractivity contribution in [3.8, 4) is 0 Å². The molecule has 0 aromatic heterocycles. The normalized spacial score (nSPS) is 16.0. The second-order valence-corrected chi connectivity index (χ2v) is 3.31. The Hall–Kier alpha value is -0.860. The van der Waals surface area contributed by atoms with Crippen LogP contribution in [0.3, 0.4) is 0 Å². The number of halogens is 3. The minimum Gasteiger partial charge on any atom is -0.354 e. The topological polar surface area (TPSA) is 73.6 Å². The third kappa shape index (κ3) is 3.62. The highest BCUT2D eigenvalue weighted by Gasteiger charge is 2.53. The van der Waals surface area contributed by atoms with E-state index in [-0.39, 0.29) is 6.54 Å². The summed E-state index contributed by atoms with van der Waals surface area (Å²) >= 11 is 0. The number of rotatable bonds is 5. The predicted molar refractivity (Wildman–Crippen MR) is 49.5 cm³/mol. The molecule has 5 nitrogen and oxygen atoms in total. The van der Waals surface area contributed by atoms with Crippen molar-refractivity contribution < 1.29 is 27.4 Å². The molecule has 0 aliphatic rings. The Bertz CT molecular complexity index is 239.